The van der Waals surface area contributed by atoms with E-state index < -0.39 is 0 Å². The lowest BCUT2D eigenvalue weighted by molar-refractivity contribution is -0.0503. The van der Waals surface area contributed by atoms with Crippen LogP contribution in [0, 0.1) is 23.2 Å². The molecule has 2 aromatic carbocycles. The van der Waals surface area contributed by atoms with E-state index in [4.69, 9.17) is 4.98 Å². The Balaban J connectivity index is 1.16. The second kappa shape index (κ2) is 6.97. The average molecular weight is 400 g/mol. The fourth-order valence-electron chi connectivity index (χ4n) is 6.95. The van der Waals surface area contributed by atoms with Gasteiger partial charge in [0.05, 0.1) is 11.0 Å². The Kier molecular flexibility index (Phi) is 4.22. The maximum Gasteiger partial charge on any atom is 0.251 e. The zero-order valence-electron chi connectivity index (χ0n) is 17.4. The van der Waals surface area contributed by atoms with Crippen LogP contribution in [0.25, 0.3) is 11.0 Å². The second-order valence-corrected chi connectivity index (χ2v) is 10.2. The summed E-state index contributed by atoms with van der Waals surface area (Å²) < 4.78 is 0. The number of fused-ring (bicyclic) bond motifs is 1. The van der Waals surface area contributed by atoms with Crippen LogP contribution in [-0.2, 0) is 6.42 Å². The molecule has 4 aliphatic rings. The first-order valence-corrected chi connectivity index (χ1v) is 11.4. The lowest BCUT2D eigenvalue weighted by Gasteiger charge is -2.56. The number of carbonyl (C=O) groups excluding carboxylic acids is 1. The summed E-state index contributed by atoms with van der Waals surface area (Å²) in [5.41, 5.74) is 4.15. The topological polar surface area (TPSA) is 57.8 Å². The number of benzene rings is 2. The predicted molar refractivity (Wildman–Crippen MR) is 118 cm³/mol. The molecule has 0 aliphatic heterocycles. The predicted octanol–water partition coefficient (Wildman–Crippen LogP) is 5.10. The minimum atomic E-state index is 0.0419. The van der Waals surface area contributed by atoms with Gasteiger partial charge in [-0.05, 0) is 85.5 Å². The maximum absolute atomic E-state index is 12.9. The van der Waals surface area contributed by atoms with Crippen molar-refractivity contribution in [2.45, 2.75) is 44.9 Å². The minimum absolute atomic E-state index is 0.0419. The van der Waals surface area contributed by atoms with Crippen LogP contribution in [0.1, 0.15) is 60.3 Å². The van der Waals surface area contributed by atoms with Crippen LogP contribution in [0.2, 0.25) is 0 Å². The van der Waals surface area contributed by atoms with Crippen LogP contribution in [0.4, 0.5) is 0 Å². The number of nitrogens with zero attached hydrogens (tertiary/aromatic N) is 1. The highest BCUT2D eigenvalue weighted by molar-refractivity contribution is 5.97. The minimum Gasteiger partial charge on any atom is -0.351 e. The number of amides is 1. The Morgan fingerprint density at radius 2 is 1.70 bits per heavy atom. The molecule has 0 saturated heterocycles. The standard InChI is InChI=1S/C26H29N3O/c30-25(27-16-26-13-18-8-19(14-26)10-20(9-18)15-26)21-6-7-22-23(12-21)29-24(28-22)11-17-4-2-1-3-5-17/h1-7,12,18-20H,8-11,13-16H2,(H,27,30)(H,28,29). The van der Waals surface area contributed by atoms with E-state index in [1.807, 2.05) is 36.4 Å². The zero-order valence-corrected chi connectivity index (χ0v) is 17.4. The lowest BCUT2D eigenvalue weighted by Crippen LogP contribution is -2.51. The molecule has 4 saturated carbocycles. The molecule has 0 radical (unpaired) electrons. The van der Waals surface area contributed by atoms with E-state index >= 15 is 0 Å². The van der Waals surface area contributed by atoms with E-state index in [1.165, 1.54) is 44.1 Å². The molecule has 0 unspecified atom stereocenters. The van der Waals surface area contributed by atoms with E-state index in [0.717, 1.165) is 47.6 Å². The summed E-state index contributed by atoms with van der Waals surface area (Å²) in [6, 6.07) is 16.2. The van der Waals surface area contributed by atoms with Gasteiger partial charge in [-0.25, -0.2) is 4.98 Å². The van der Waals surface area contributed by atoms with Gasteiger partial charge in [0.1, 0.15) is 5.82 Å². The van der Waals surface area contributed by atoms with E-state index in [1.54, 1.807) is 0 Å². The molecule has 30 heavy (non-hydrogen) atoms. The fourth-order valence-corrected chi connectivity index (χ4v) is 6.95. The van der Waals surface area contributed by atoms with Crippen molar-refractivity contribution >= 4 is 16.9 Å². The first kappa shape index (κ1) is 18.2. The number of hydrogen-bond acceptors (Lipinski definition) is 2. The summed E-state index contributed by atoms with van der Waals surface area (Å²) in [4.78, 5) is 21.0. The molecule has 4 heteroatoms. The molecule has 0 spiro atoms. The number of nitrogens with one attached hydrogen (secondary N) is 2. The summed E-state index contributed by atoms with van der Waals surface area (Å²) in [7, 11) is 0. The molecule has 2 N–H and O–H groups in total. The number of hydrogen-bond donors (Lipinski definition) is 2. The molecule has 3 aromatic rings. The van der Waals surface area contributed by atoms with Crippen molar-refractivity contribution in [1.29, 1.82) is 0 Å². The van der Waals surface area contributed by atoms with E-state index in [2.05, 4.69) is 22.4 Å². The quantitative estimate of drug-likeness (QED) is 0.627. The van der Waals surface area contributed by atoms with Crippen LogP contribution in [0.3, 0.4) is 0 Å². The van der Waals surface area contributed by atoms with Gasteiger partial charge in [0.15, 0.2) is 0 Å². The number of aromatic amines is 1. The van der Waals surface area contributed by atoms with Crippen LogP contribution in [-0.4, -0.2) is 22.4 Å². The first-order valence-electron chi connectivity index (χ1n) is 11.4. The van der Waals surface area contributed by atoms with Crippen molar-refractivity contribution in [3.8, 4) is 0 Å². The van der Waals surface area contributed by atoms with Gasteiger partial charge < -0.3 is 10.3 Å². The molecule has 4 nitrogen and oxygen atoms in total. The van der Waals surface area contributed by atoms with Crippen molar-refractivity contribution in [3.05, 3.63) is 65.5 Å². The lowest BCUT2D eigenvalue weighted by atomic mass is 9.49. The molecule has 4 aliphatic carbocycles. The van der Waals surface area contributed by atoms with Crippen molar-refractivity contribution in [2.75, 3.05) is 6.54 Å². The second-order valence-electron chi connectivity index (χ2n) is 10.2. The highest BCUT2D eigenvalue weighted by atomic mass is 16.1. The van der Waals surface area contributed by atoms with Gasteiger partial charge in [-0.15, -0.1) is 0 Å². The maximum atomic E-state index is 12.9. The third kappa shape index (κ3) is 3.32. The molecule has 1 amide bonds. The molecule has 7 rings (SSSR count). The molecule has 0 atom stereocenters. The fraction of sp³-hybridized carbons (Fsp3) is 0.462. The third-order valence-corrected chi connectivity index (χ3v) is 7.80. The van der Waals surface area contributed by atoms with Crippen LogP contribution in [0.15, 0.2) is 48.5 Å². The Hall–Kier alpha value is -2.62. The number of imidazole rings is 1. The van der Waals surface area contributed by atoms with E-state index in [9.17, 15) is 4.79 Å². The van der Waals surface area contributed by atoms with Gasteiger partial charge in [0.2, 0.25) is 0 Å². The molecular weight excluding hydrogens is 370 g/mol. The van der Waals surface area contributed by atoms with E-state index in [-0.39, 0.29) is 5.91 Å². The van der Waals surface area contributed by atoms with Crippen molar-refractivity contribution in [3.63, 3.8) is 0 Å². The van der Waals surface area contributed by atoms with Crippen LogP contribution >= 0.6 is 0 Å². The van der Waals surface area contributed by atoms with Gasteiger partial charge in [-0.2, -0.15) is 0 Å². The molecule has 4 bridgehead atoms. The number of rotatable bonds is 5. The van der Waals surface area contributed by atoms with E-state index in [0.29, 0.717) is 11.0 Å². The summed E-state index contributed by atoms with van der Waals surface area (Å²) >= 11 is 0. The summed E-state index contributed by atoms with van der Waals surface area (Å²) in [6.07, 6.45) is 9.04. The highest BCUT2D eigenvalue weighted by Gasteiger charge is 2.50. The number of aromatic nitrogens is 2. The number of carbonyl (C=O) groups is 1. The Morgan fingerprint density at radius 3 is 2.40 bits per heavy atom. The van der Waals surface area contributed by atoms with Crippen molar-refractivity contribution < 1.29 is 4.79 Å². The zero-order chi connectivity index (χ0) is 20.1. The molecule has 1 aromatic heterocycles. The van der Waals surface area contributed by atoms with Gasteiger partial charge in [-0.3, -0.25) is 4.79 Å². The molecule has 4 fully saturated rings. The molecule has 154 valence electrons. The Morgan fingerprint density at radius 1 is 1.00 bits per heavy atom. The summed E-state index contributed by atoms with van der Waals surface area (Å²) in [6.45, 7) is 0.840. The summed E-state index contributed by atoms with van der Waals surface area (Å²) in [5, 5.41) is 3.29. The normalized spacial score (nSPS) is 29.4. The monoisotopic (exact) mass is 399 g/mol. The Bertz CT molecular complexity index is 1050. The summed E-state index contributed by atoms with van der Waals surface area (Å²) in [5.74, 6) is 3.72. The number of H-pyrrole nitrogens is 1. The van der Waals surface area contributed by atoms with Gasteiger partial charge in [0.25, 0.3) is 5.91 Å². The average Bonchev–Trinajstić information content (AvgIpc) is 3.13. The smallest absolute Gasteiger partial charge is 0.251 e. The van der Waals surface area contributed by atoms with Crippen molar-refractivity contribution in [2.24, 2.45) is 23.2 Å². The Labute approximate surface area is 177 Å². The molecule has 1 heterocycles. The van der Waals surface area contributed by atoms with Gasteiger partial charge in [0, 0.05) is 18.5 Å². The van der Waals surface area contributed by atoms with Crippen molar-refractivity contribution in [1.82, 2.24) is 15.3 Å². The van der Waals surface area contributed by atoms with Gasteiger partial charge >= 0.3 is 0 Å². The SMILES string of the molecule is O=C(NCC12CC3CC(CC(C3)C1)C2)c1ccc2[nH]c(Cc3ccccc3)nc2c1. The largest absolute Gasteiger partial charge is 0.351 e. The molecular formula is C26H29N3O. The highest BCUT2D eigenvalue weighted by Crippen LogP contribution is 2.59. The first-order chi connectivity index (χ1) is 14.6. The van der Waals surface area contributed by atoms with Gasteiger partial charge in [-0.1, -0.05) is 30.3 Å². The third-order valence-electron chi connectivity index (χ3n) is 7.80. The van der Waals surface area contributed by atoms with Crippen LogP contribution < -0.4 is 5.32 Å². The van der Waals surface area contributed by atoms with Crippen LogP contribution in [0.5, 0.6) is 0 Å².